The number of rotatable bonds is 8. The number of nitriles is 1. The van der Waals surface area contributed by atoms with E-state index in [1.54, 1.807) is 0 Å². The maximum absolute atomic E-state index is 13.9. The SMILES string of the molecule is N#CC1(NC(=O)C(CS(=O)(=O)N2CCC(C(F)(F)F)CC2)N[C@H](c2ccc(F)cc2)C(F)(F)F)CC1. The summed E-state index contributed by atoms with van der Waals surface area (Å²) in [5.74, 6) is -4.90. The van der Waals surface area contributed by atoms with Crippen molar-refractivity contribution >= 4 is 15.9 Å². The number of hydrogen-bond acceptors (Lipinski definition) is 5. The number of benzene rings is 1. The van der Waals surface area contributed by atoms with E-state index in [9.17, 15) is 49.2 Å². The predicted octanol–water partition coefficient (Wildman–Crippen LogP) is 3.16. The van der Waals surface area contributed by atoms with Gasteiger partial charge < -0.3 is 5.32 Å². The molecule has 1 saturated carbocycles. The van der Waals surface area contributed by atoms with Crippen LogP contribution in [-0.2, 0) is 14.8 Å². The van der Waals surface area contributed by atoms with Gasteiger partial charge in [-0.25, -0.2) is 17.1 Å². The third-order valence-electron chi connectivity index (χ3n) is 6.23. The molecule has 0 aromatic heterocycles. The second-order valence-electron chi connectivity index (χ2n) is 8.92. The van der Waals surface area contributed by atoms with Crippen molar-refractivity contribution in [1.29, 1.82) is 5.26 Å². The van der Waals surface area contributed by atoms with E-state index in [0.717, 1.165) is 28.6 Å². The lowest BCUT2D eigenvalue weighted by atomic mass is 9.98. The molecule has 1 aromatic rings. The minimum atomic E-state index is -5.03. The fourth-order valence-corrected chi connectivity index (χ4v) is 5.57. The monoisotopic (exact) mass is 544 g/mol. The van der Waals surface area contributed by atoms with Gasteiger partial charge in [0, 0.05) is 13.1 Å². The van der Waals surface area contributed by atoms with E-state index in [1.807, 2.05) is 11.4 Å². The summed E-state index contributed by atoms with van der Waals surface area (Å²) >= 11 is 0. The van der Waals surface area contributed by atoms with Crippen LogP contribution in [0.1, 0.15) is 37.3 Å². The van der Waals surface area contributed by atoms with Crippen LogP contribution in [0.5, 0.6) is 0 Å². The third kappa shape index (κ3) is 6.86. The highest BCUT2D eigenvalue weighted by Gasteiger charge is 2.49. The molecule has 1 saturated heterocycles. The number of carbonyl (C=O) groups is 1. The molecule has 2 aliphatic rings. The molecule has 1 aliphatic heterocycles. The van der Waals surface area contributed by atoms with Gasteiger partial charge in [0.1, 0.15) is 23.4 Å². The lowest BCUT2D eigenvalue weighted by Crippen LogP contribution is -2.56. The molecule has 2 atom stereocenters. The van der Waals surface area contributed by atoms with Gasteiger partial charge in [-0.2, -0.15) is 31.6 Å². The average molecular weight is 544 g/mol. The number of piperidine rings is 1. The molecule has 200 valence electrons. The first-order chi connectivity index (χ1) is 16.6. The van der Waals surface area contributed by atoms with Crippen molar-refractivity contribution in [3.05, 3.63) is 35.6 Å². The van der Waals surface area contributed by atoms with Gasteiger partial charge in [-0.05, 0) is 43.4 Å². The van der Waals surface area contributed by atoms with Crippen molar-refractivity contribution < 1.29 is 43.9 Å². The number of hydrogen-bond donors (Lipinski definition) is 2. The summed E-state index contributed by atoms with van der Waals surface area (Å²) in [6, 6.07) is 0.403. The number of nitrogens with zero attached hydrogens (tertiary/aromatic N) is 2. The molecule has 0 spiro atoms. The standard InChI is InChI=1S/C21H23F7N4O3S/c22-15-3-1-13(2-4-15)17(21(26,27)28)30-16(18(33)31-19(12-29)7-8-19)11-36(34,35)32-9-5-14(6-10-32)20(23,24)25/h1-4,14,16-17,30H,5-11H2,(H,31,33)/t16?,17-/m1/s1. The van der Waals surface area contributed by atoms with Crippen LogP contribution in [0.4, 0.5) is 30.7 Å². The molecule has 1 amide bonds. The minimum Gasteiger partial charge on any atom is -0.336 e. The summed E-state index contributed by atoms with van der Waals surface area (Å²) in [7, 11) is -4.49. The number of carbonyl (C=O) groups excluding carboxylic acids is 1. The summed E-state index contributed by atoms with van der Waals surface area (Å²) in [5, 5.41) is 13.5. The molecule has 36 heavy (non-hydrogen) atoms. The second-order valence-corrected chi connectivity index (χ2v) is 10.9. The Balaban J connectivity index is 1.84. The van der Waals surface area contributed by atoms with E-state index in [2.05, 4.69) is 5.32 Å². The summed E-state index contributed by atoms with van der Waals surface area (Å²) in [6.07, 6.45) is -10.1. The van der Waals surface area contributed by atoms with Gasteiger partial charge in [0.25, 0.3) is 0 Å². The van der Waals surface area contributed by atoms with Gasteiger partial charge in [-0.3, -0.25) is 10.1 Å². The predicted molar refractivity (Wildman–Crippen MR) is 112 cm³/mol. The molecule has 1 heterocycles. The van der Waals surface area contributed by atoms with E-state index in [4.69, 9.17) is 0 Å². The van der Waals surface area contributed by atoms with Crippen LogP contribution >= 0.6 is 0 Å². The first-order valence-electron chi connectivity index (χ1n) is 10.9. The molecule has 1 aromatic carbocycles. The van der Waals surface area contributed by atoms with Crippen molar-refractivity contribution in [3.8, 4) is 6.07 Å². The molecule has 3 rings (SSSR count). The van der Waals surface area contributed by atoms with Crippen LogP contribution in [0.3, 0.4) is 0 Å². The number of amides is 1. The molecule has 1 aliphatic carbocycles. The van der Waals surface area contributed by atoms with Crippen molar-refractivity contribution in [2.45, 2.75) is 55.7 Å². The van der Waals surface area contributed by atoms with Crippen LogP contribution in [0.2, 0.25) is 0 Å². The van der Waals surface area contributed by atoms with E-state index < -0.39 is 94.9 Å². The molecule has 0 radical (unpaired) electrons. The zero-order valence-electron chi connectivity index (χ0n) is 18.7. The molecule has 2 N–H and O–H groups in total. The lowest BCUT2D eigenvalue weighted by Gasteiger charge is -2.34. The van der Waals surface area contributed by atoms with Crippen LogP contribution < -0.4 is 10.6 Å². The third-order valence-corrected chi connectivity index (χ3v) is 8.14. The largest absolute Gasteiger partial charge is 0.407 e. The van der Waals surface area contributed by atoms with Crippen molar-refractivity contribution in [1.82, 2.24) is 14.9 Å². The summed E-state index contributed by atoms with van der Waals surface area (Å²) in [5.41, 5.74) is -1.82. The van der Waals surface area contributed by atoms with Gasteiger partial charge >= 0.3 is 12.4 Å². The topological polar surface area (TPSA) is 102 Å². The van der Waals surface area contributed by atoms with Crippen LogP contribution in [0.15, 0.2) is 24.3 Å². The molecule has 1 unspecified atom stereocenters. The van der Waals surface area contributed by atoms with Gasteiger partial charge in [0.05, 0.1) is 17.7 Å². The van der Waals surface area contributed by atoms with Gasteiger partial charge in [0.15, 0.2) is 0 Å². The number of alkyl halides is 6. The molecule has 15 heteroatoms. The maximum Gasteiger partial charge on any atom is 0.407 e. The Bertz CT molecular complexity index is 1090. The summed E-state index contributed by atoms with van der Waals surface area (Å²) in [6.45, 7) is -1.02. The number of halogens is 7. The maximum atomic E-state index is 13.9. The van der Waals surface area contributed by atoms with Crippen LogP contribution in [-0.4, -0.2) is 61.4 Å². The fraction of sp³-hybridized carbons (Fsp3) is 0.619. The zero-order valence-corrected chi connectivity index (χ0v) is 19.5. The van der Waals surface area contributed by atoms with Crippen LogP contribution in [0.25, 0.3) is 0 Å². The van der Waals surface area contributed by atoms with Crippen molar-refractivity contribution in [3.63, 3.8) is 0 Å². The highest BCUT2D eigenvalue weighted by atomic mass is 32.2. The zero-order chi connectivity index (χ0) is 26.9. The van der Waals surface area contributed by atoms with E-state index >= 15 is 0 Å². The van der Waals surface area contributed by atoms with Gasteiger partial charge in [-0.1, -0.05) is 12.1 Å². The summed E-state index contributed by atoms with van der Waals surface area (Å²) in [4.78, 5) is 12.9. The minimum absolute atomic E-state index is 0.223. The Morgan fingerprint density at radius 1 is 1.11 bits per heavy atom. The van der Waals surface area contributed by atoms with Crippen LogP contribution in [0, 0.1) is 23.1 Å². The lowest BCUT2D eigenvalue weighted by molar-refractivity contribution is -0.182. The first kappa shape index (κ1) is 28.1. The molecular formula is C21H23F7N4O3S. The second kappa shape index (κ2) is 10.1. The first-order valence-corrected chi connectivity index (χ1v) is 12.5. The molecule has 0 bridgehead atoms. The van der Waals surface area contributed by atoms with E-state index in [0.29, 0.717) is 0 Å². The molecule has 7 nitrogen and oxygen atoms in total. The van der Waals surface area contributed by atoms with Crippen molar-refractivity contribution in [2.24, 2.45) is 5.92 Å². The Morgan fingerprint density at radius 3 is 2.11 bits per heavy atom. The number of nitrogens with one attached hydrogen (secondary N) is 2. The smallest absolute Gasteiger partial charge is 0.336 e. The summed E-state index contributed by atoms with van der Waals surface area (Å²) < 4.78 is 120. The quantitative estimate of drug-likeness (QED) is 0.490. The normalized spacial score (nSPS) is 20.8. The Morgan fingerprint density at radius 2 is 1.67 bits per heavy atom. The van der Waals surface area contributed by atoms with E-state index in [1.165, 1.54) is 0 Å². The Kier molecular flexibility index (Phi) is 7.92. The fourth-order valence-electron chi connectivity index (χ4n) is 3.93. The van der Waals surface area contributed by atoms with Crippen molar-refractivity contribution in [2.75, 3.05) is 18.8 Å². The van der Waals surface area contributed by atoms with E-state index in [-0.39, 0.29) is 12.8 Å². The average Bonchev–Trinajstić information content (AvgIpc) is 3.56. The molecular weight excluding hydrogens is 521 g/mol. The highest BCUT2D eigenvalue weighted by molar-refractivity contribution is 7.89. The Labute approximate surface area is 202 Å². The Hall–Kier alpha value is -2.44. The highest BCUT2D eigenvalue weighted by Crippen LogP contribution is 2.37. The van der Waals surface area contributed by atoms with Gasteiger partial charge in [-0.15, -0.1) is 0 Å². The molecule has 2 fully saturated rings. The van der Waals surface area contributed by atoms with Gasteiger partial charge in [0.2, 0.25) is 15.9 Å². The number of sulfonamides is 1.